The topological polar surface area (TPSA) is 61.9 Å². The van der Waals surface area contributed by atoms with Crippen LogP contribution in [0.15, 0.2) is 24.3 Å². The second-order valence-electron chi connectivity index (χ2n) is 7.52. The number of ether oxygens (including phenoxy) is 1. The Morgan fingerprint density at radius 1 is 1.12 bits per heavy atom. The molecule has 3 rings (SSSR count). The second-order valence-corrected chi connectivity index (χ2v) is 9.22. The van der Waals surface area contributed by atoms with E-state index in [-0.39, 0.29) is 6.04 Å². The molecule has 0 saturated carbocycles. The molecule has 1 N–H and O–H groups in total. The third-order valence-corrected chi connectivity index (χ3v) is 7.17. The molecule has 2 saturated heterocycles. The van der Waals surface area contributed by atoms with Gasteiger partial charge in [0.1, 0.15) is 0 Å². The Morgan fingerprint density at radius 3 is 2.42 bits per heavy atom. The van der Waals surface area contributed by atoms with Crippen LogP contribution in [-0.2, 0) is 14.9 Å². The first-order valence-corrected chi connectivity index (χ1v) is 11.0. The van der Waals surface area contributed by atoms with Gasteiger partial charge < -0.3 is 9.64 Å². The third-order valence-electron chi connectivity index (χ3n) is 5.49. The smallest absolute Gasteiger partial charge is 0.279 e. The highest BCUT2D eigenvalue weighted by atomic mass is 32.2. The van der Waals surface area contributed by atoms with Gasteiger partial charge in [-0.15, -0.1) is 0 Å². The lowest BCUT2D eigenvalue weighted by Crippen LogP contribution is -2.51. The molecule has 0 aromatic heterocycles. The summed E-state index contributed by atoms with van der Waals surface area (Å²) in [6.45, 7) is 5.76. The van der Waals surface area contributed by atoms with Gasteiger partial charge in [0.15, 0.2) is 0 Å². The molecule has 2 heterocycles. The summed E-state index contributed by atoms with van der Waals surface area (Å²) in [4.78, 5) is 2.34. The van der Waals surface area contributed by atoms with E-state index in [0.29, 0.717) is 19.0 Å². The zero-order valence-corrected chi connectivity index (χ0v) is 16.7. The predicted octanol–water partition coefficient (Wildman–Crippen LogP) is 2.16. The Hall–Kier alpha value is -1.15. The normalized spacial score (nSPS) is 21.2. The SMILES string of the molecule is COCC1CCN(S(=O)(=O)NC2CCN(c3cccc(C)c3)CC2)CC1. The summed E-state index contributed by atoms with van der Waals surface area (Å²) in [7, 11) is -1.68. The van der Waals surface area contributed by atoms with Crippen molar-refractivity contribution in [2.45, 2.75) is 38.6 Å². The molecule has 7 heteroatoms. The Bertz CT molecular complexity index is 679. The van der Waals surface area contributed by atoms with Gasteiger partial charge in [0.05, 0.1) is 0 Å². The van der Waals surface area contributed by atoms with E-state index in [9.17, 15) is 8.42 Å². The highest BCUT2D eigenvalue weighted by molar-refractivity contribution is 7.87. The van der Waals surface area contributed by atoms with Gasteiger partial charge in [-0.2, -0.15) is 17.4 Å². The number of nitrogens with one attached hydrogen (secondary N) is 1. The molecule has 0 spiro atoms. The largest absolute Gasteiger partial charge is 0.384 e. The van der Waals surface area contributed by atoms with Crippen molar-refractivity contribution in [2.24, 2.45) is 5.92 Å². The van der Waals surface area contributed by atoms with Crippen LogP contribution in [0.2, 0.25) is 0 Å². The average Bonchev–Trinajstić information content (AvgIpc) is 2.63. The van der Waals surface area contributed by atoms with Crippen molar-refractivity contribution in [3.63, 3.8) is 0 Å². The summed E-state index contributed by atoms with van der Waals surface area (Å²) in [6, 6.07) is 8.51. The highest BCUT2D eigenvalue weighted by Gasteiger charge is 2.31. The maximum absolute atomic E-state index is 12.7. The number of piperidine rings is 2. The molecule has 146 valence electrons. The van der Waals surface area contributed by atoms with E-state index in [4.69, 9.17) is 4.74 Å². The highest BCUT2D eigenvalue weighted by Crippen LogP contribution is 2.23. The van der Waals surface area contributed by atoms with E-state index in [0.717, 1.165) is 45.4 Å². The minimum Gasteiger partial charge on any atom is -0.384 e. The number of rotatable bonds is 6. The lowest BCUT2D eigenvalue weighted by molar-refractivity contribution is 0.121. The molecule has 0 radical (unpaired) electrons. The standard InChI is InChI=1S/C19H31N3O3S/c1-16-4-3-5-19(14-16)21-10-8-18(9-11-21)20-26(23,24)22-12-6-17(7-13-22)15-25-2/h3-5,14,17-18,20H,6-13,15H2,1-2H3. The van der Waals surface area contributed by atoms with E-state index in [1.807, 2.05) is 0 Å². The van der Waals surface area contributed by atoms with Crippen LogP contribution < -0.4 is 9.62 Å². The second kappa shape index (κ2) is 8.69. The molecule has 26 heavy (non-hydrogen) atoms. The van der Waals surface area contributed by atoms with Crippen LogP contribution in [0.1, 0.15) is 31.2 Å². The summed E-state index contributed by atoms with van der Waals surface area (Å²) in [5.41, 5.74) is 2.48. The zero-order chi connectivity index (χ0) is 18.6. The van der Waals surface area contributed by atoms with Gasteiger partial charge >= 0.3 is 0 Å². The van der Waals surface area contributed by atoms with Gasteiger partial charge in [-0.25, -0.2) is 0 Å². The molecule has 2 aliphatic heterocycles. The minimum absolute atomic E-state index is 0.0257. The molecule has 2 aliphatic rings. The molecular formula is C19H31N3O3S. The van der Waals surface area contributed by atoms with Gasteiger partial charge in [0.25, 0.3) is 10.2 Å². The molecule has 0 aliphatic carbocycles. The number of nitrogens with zero attached hydrogens (tertiary/aromatic N) is 2. The molecule has 0 bridgehead atoms. The van der Waals surface area contributed by atoms with Crippen LogP contribution in [0.5, 0.6) is 0 Å². The van der Waals surface area contributed by atoms with E-state index in [2.05, 4.69) is 40.8 Å². The van der Waals surface area contributed by atoms with Crippen molar-refractivity contribution in [3.8, 4) is 0 Å². The summed E-state index contributed by atoms with van der Waals surface area (Å²) in [5, 5.41) is 0. The first-order valence-electron chi connectivity index (χ1n) is 9.56. The van der Waals surface area contributed by atoms with Gasteiger partial charge in [0.2, 0.25) is 0 Å². The quantitative estimate of drug-likeness (QED) is 0.820. The maximum Gasteiger partial charge on any atom is 0.279 e. The van der Waals surface area contributed by atoms with Crippen LogP contribution in [-0.4, -0.2) is 58.7 Å². The fourth-order valence-corrected chi connectivity index (χ4v) is 5.41. The average molecular weight is 382 g/mol. The summed E-state index contributed by atoms with van der Waals surface area (Å²) in [5.74, 6) is 0.476. The van der Waals surface area contributed by atoms with E-state index in [1.165, 1.54) is 11.3 Å². The Labute approximate surface area is 157 Å². The fraction of sp³-hybridized carbons (Fsp3) is 0.684. The fourth-order valence-electron chi connectivity index (χ4n) is 3.92. The molecule has 2 fully saturated rings. The number of aryl methyl sites for hydroxylation is 1. The van der Waals surface area contributed by atoms with Crippen molar-refractivity contribution in [3.05, 3.63) is 29.8 Å². The molecular weight excluding hydrogens is 350 g/mol. The third kappa shape index (κ3) is 4.97. The van der Waals surface area contributed by atoms with E-state index in [1.54, 1.807) is 11.4 Å². The predicted molar refractivity (Wildman–Crippen MR) is 105 cm³/mol. The molecule has 0 amide bonds. The number of benzene rings is 1. The van der Waals surface area contributed by atoms with Crippen LogP contribution in [0, 0.1) is 12.8 Å². The van der Waals surface area contributed by atoms with Crippen molar-refractivity contribution < 1.29 is 13.2 Å². The lowest BCUT2D eigenvalue weighted by atomic mass is 9.99. The summed E-state index contributed by atoms with van der Waals surface area (Å²) < 4.78 is 35.1. The summed E-state index contributed by atoms with van der Waals surface area (Å²) >= 11 is 0. The number of hydrogen-bond acceptors (Lipinski definition) is 4. The Balaban J connectivity index is 1.49. The van der Waals surface area contributed by atoms with Crippen molar-refractivity contribution in [1.29, 1.82) is 0 Å². The number of anilines is 1. The number of methoxy groups -OCH3 is 1. The van der Waals surface area contributed by atoms with E-state index < -0.39 is 10.2 Å². The lowest BCUT2D eigenvalue weighted by Gasteiger charge is -2.36. The first kappa shape index (κ1) is 19.6. The van der Waals surface area contributed by atoms with Crippen LogP contribution >= 0.6 is 0 Å². The van der Waals surface area contributed by atoms with E-state index >= 15 is 0 Å². The molecule has 0 atom stereocenters. The van der Waals surface area contributed by atoms with Gasteiger partial charge in [0, 0.05) is 51.6 Å². The Kier molecular flexibility index (Phi) is 6.55. The molecule has 6 nitrogen and oxygen atoms in total. The first-order chi connectivity index (χ1) is 12.5. The number of hydrogen-bond donors (Lipinski definition) is 1. The maximum atomic E-state index is 12.7. The summed E-state index contributed by atoms with van der Waals surface area (Å²) in [6.07, 6.45) is 3.43. The van der Waals surface area contributed by atoms with Crippen molar-refractivity contribution in [2.75, 3.05) is 44.8 Å². The van der Waals surface area contributed by atoms with Crippen LogP contribution in [0.3, 0.4) is 0 Å². The van der Waals surface area contributed by atoms with Crippen LogP contribution in [0.25, 0.3) is 0 Å². The molecule has 0 unspecified atom stereocenters. The van der Waals surface area contributed by atoms with Gasteiger partial charge in [-0.3, -0.25) is 0 Å². The monoisotopic (exact) mass is 381 g/mol. The zero-order valence-electron chi connectivity index (χ0n) is 15.9. The minimum atomic E-state index is -3.39. The van der Waals surface area contributed by atoms with Crippen LogP contribution in [0.4, 0.5) is 5.69 Å². The van der Waals surface area contributed by atoms with Gasteiger partial charge in [-0.1, -0.05) is 12.1 Å². The molecule has 1 aromatic carbocycles. The van der Waals surface area contributed by atoms with Gasteiger partial charge in [-0.05, 0) is 56.2 Å². The van der Waals surface area contributed by atoms with Crippen molar-refractivity contribution >= 4 is 15.9 Å². The Morgan fingerprint density at radius 2 is 1.81 bits per heavy atom. The van der Waals surface area contributed by atoms with Crippen molar-refractivity contribution in [1.82, 2.24) is 9.03 Å². The molecule has 1 aromatic rings.